The predicted molar refractivity (Wildman–Crippen MR) is 69.3 cm³/mol. The van der Waals surface area contributed by atoms with Gasteiger partial charge < -0.3 is 4.42 Å². The summed E-state index contributed by atoms with van der Waals surface area (Å²) in [5, 5.41) is 0. The standard InChI is InChI=1S/C13H12BrNO/c1-9(14)8-12-10(2)16-13(15-12)11-6-4-3-5-7-11/h3-8H,1-2H3/b9-8-. The van der Waals surface area contributed by atoms with Gasteiger partial charge in [-0.2, -0.15) is 0 Å². The van der Waals surface area contributed by atoms with Crippen LogP contribution in [0.1, 0.15) is 18.4 Å². The second-order valence-electron chi connectivity index (χ2n) is 3.56. The molecule has 16 heavy (non-hydrogen) atoms. The first kappa shape index (κ1) is 11.1. The monoisotopic (exact) mass is 277 g/mol. The minimum Gasteiger partial charge on any atom is -0.441 e. The van der Waals surface area contributed by atoms with Crippen molar-refractivity contribution in [3.8, 4) is 11.5 Å². The van der Waals surface area contributed by atoms with Crippen molar-refractivity contribution in [3.63, 3.8) is 0 Å². The fourth-order valence-corrected chi connectivity index (χ4v) is 1.65. The van der Waals surface area contributed by atoms with Crippen molar-refractivity contribution in [2.24, 2.45) is 0 Å². The number of benzene rings is 1. The molecule has 0 amide bonds. The summed E-state index contributed by atoms with van der Waals surface area (Å²) in [7, 11) is 0. The van der Waals surface area contributed by atoms with Crippen LogP contribution in [0.2, 0.25) is 0 Å². The van der Waals surface area contributed by atoms with E-state index in [9.17, 15) is 0 Å². The first-order chi connectivity index (χ1) is 7.66. The summed E-state index contributed by atoms with van der Waals surface area (Å²) in [6.45, 7) is 3.89. The maximum Gasteiger partial charge on any atom is 0.226 e. The maximum absolute atomic E-state index is 5.63. The van der Waals surface area contributed by atoms with Gasteiger partial charge in [0.25, 0.3) is 0 Å². The Morgan fingerprint density at radius 2 is 2.00 bits per heavy atom. The molecule has 2 rings (SSSR count). The van der Waals surface area contributed by atoms with E-state index in [4.69, 9.17) is 4.42 Å². The van der Waals surface area contributed by atoms with Crippen LogP contribution in [0.15, 0.2) is 39.2 Å². The molecule has 0 saturated carbocycles. The average molecular weight is 278 g/mol. The highest BCUT2D eigenvalue weighted by Gasteiger charge is 2.08. The van der Waals surface area contributed by atoms with Crippen LogP contribution < -0.4 is 0 Å². The second-order valence-corrected chi connectivity index (χ2v) is 4.81. The molecule has 1 heterocycles. The third-order valence-electron chi connectivity index (χ3n) is 2.19. The zero-order valence-corrected chi connectivity index (χ0v) is 10.8. The molecule has 3 heteroatoms. The van der Waals surface area contributed by atoms with E-state index in [0.29, 0.717) is 5.89 Å². The lowest BCUT2D eigenvalue weighted by Crippen LogP contribution is -1.77. The van der Waals surface area contributed by atoms with Crippen LogP contribution in [0.3, 0.4) is 0 Å². The highest BCUT2D eigenvalue weighted by atomic mass is 79.9. The lowest BCUT2D eigenvalue weighted by molar-refractivity contribution is 0.542. The minimum atomic E-state index is 0.665. The Hall–Kier alpha value is -1.35. The van der Waals surface area contributed by atoms with Crippen molar-refractivity contribution >= 4 is 22.0 Å². The van der Waals surface area contributed by atoms with Gasteiger partial charge in [0.2, 0.25) is 5.89 Å². The Balaban J connectivity index is 2.42. The molecule has 0 N–H and O–H groups in total. The van der Waals surface area contributed by atoms with E-state index in [1.54, 1.807) is 0 Å². The Morgan fingerprint density at radius 3 is 2.62 bits per heavy atom. The molecule has 0 atom stereocenters. The Kier molecular flexibility index (Phi) is 3.25. The summed E-state index contributed by atoms with van der Waals surface area (Å²) in [5.41, 5.74) is 1.87. The number of halogens is 1. The maximum atomic E-state index is 5.63. The average Bonchev–Trinajstić information content (AvgIpc) is 2.61. The summed E-state index contributed by atoms with van der Waals surface area (Å²) in [4.78, 5) is 4.45. The van der Waals surface area contributed by atoms with Crippen molar-refractivity contribution < 1.29 is 4.42 Å². The summed E-state index contributed by atoms with van der Waals surface area (Å²) in [6, 6.07) is 9.89. The lowest BCUT2D eigenvalue weighted by atomic mass is 10.2. The number of hydrogen-bond acceptors (Lipinski definition) is 2. The summed E-state index contributed by atoms with van der Waals surface area (Å²) < 4.78 is 6.66. The highest BCUT2D eigenvalue weighted by Crippen LogP contribution is 2.23. The van der Waals surface area contributed by atoms with Crippen molar-refractivity contribution in [2.45, 2.75) is 13.8 Å². The zero-order chi connectivity index (χ0) is 11.5. The van der Waals surface area contributed by atoms with Crippen LogP contribution in [0, 0.1) is 6.92 Å². The highest BCUT2D eigenvalue weighted by molar-refractivity contribution is 9.11. The largest absolute Gasteiger partial charge is 0.441 e. The summed E-state index contributed by atoms with van der Waals surface area (Å²) in [6.07, 6.45) is 1.95. The number of aryl methyl sites for hydroxylation is 1. The number of oxazole rings is 1. The van der Waals surface area contributed by atoms with E-state index < -0.39 is 0 Å². The SMILES string of the molecule is C/C(Br)=C/c1nc(-c2ccccc2)oc1C. The minimum absolute atomic E-state index is 0.665. The van der Waals surface area contributed by atoms with E-state index in [2.05, 4.69) is 20.9 Å². The van der Waals surface area contributed by atoms with E-state index in [-0.39, 0.29) is 0 Å². The van der Waals surface area contributed by atoms with Crippen molar-refractivity contribution in [1.29, 1.82) is 0 Å². The number of rotatable bonds is 2. The van der Waals surface area contributed by atoms with Crippen molar-refractivity contribution in [1.82, 2.24) is 4.98 Å². The van der Waals surface area contributed by atoms with Crippen LogP contribution in [0.25, 0.3) is 17.5 Å². The smallest absolute Gasteiger partial charge is 0.226 e. The summed E-state index contributed by atoms with van der Waals surface area (Å²) in [5.74, 6) is 1.50. The van der Waals surface area contributed by atoms with Gasteiger partial charge in [-0.25, -0.2) is 4.98 Å². The number of allylic oxidation sites excluding steroid dienone is 1. The molecule has 0 bridgehead atoms. The molecule has 0 aliphatic carbocycles. The zero-order valence-electron chi connectivity index (χ0n) is 9.20. The quantitative estimate of drug-likeness (QED) is 0.813. The van der Waals surface area contributed by atoms with E-state index in [1.807, 2.05) is 50.3 Å². The molecule has 0 spiro atoms. The van der Waals surface area contributed by atoms with E-state index in [0.717, 1.165) is 21.5 Å². The van der Waals surface area contributed by atoms with Gasteiger partial charge in [-0.3, -0.25) is 0 Å². The van der Waals surface area contributed by atoms with Crippen LogP contribution in [-0.2, 0) is 0 Å². The van der Waals surface area contributed by atoms with Crippen LogP contribution in [0.5, 0.6) is 0 Å². The van der Waals surface area contributed by atoms with Crippen molar-refractivity contribution in [2.75, 3.05) is 0 Å². The van der Waals surface area contributed by atoms with E-state index >= 15 is 0 Å². The third kappa shape index (κ3) is 2.42. The molecule has 0 fully saturated rings. The molecule has 2 aromatic rings. The molecule has 82 valence electrons. The van der Waals surface area contributed by atoms with Gasteiger partial charge in [-0.1, -0.05) is 34.1 Å². The van der Waals surface area contributed by atoms with Crippen molar-refractivity contribution in [3.05, 3.63) is 46.3 Å². The molecule has 0 saturated heterocycles. The lowest BCUT2D eigenvalue weighted by Gasteiger charge is -1.91. The first-order valence-electron chi connectivity index (χ1n) is 5.03. The molecular weight excluding hydrogens is 266 g/mol. The number of nitrogens with zero attached hydrogens (tertiary/aromatic N) is 1. The first-order valence-corrected chi connectivity index (χ1v) is 5.83. The van der Waals surface area contributed by atoms with Gasteiger partial charge >= 0.3 is 0 Å². The predicted octanol–water partition coefficient (Wildman–Crippen LogP) is 4.41. The number of aromatic nitrogens is 1. The normalized spacial score (nSPS) is 11.8. The second kappa shape index (κ2) is 4.66. The van der Waals surface area contributed by atoms with Crippen LogP contribution >= 0.6 is 15.9 Å². The fraction of sp³-hybridized carbons (Fsp3) is 0.154. The topological polar surface area (TPSA) is 26.0 Å². The van der Waals surface area contributed by atoms with Gasteiger partial charge in [0.1, 0.15) is 11.5 Å². The van der Waals surface area contributed by atoms with Gasteiger partial charge in [-0.15, -0.1) is 0 Å². The fourth-order valence-electron chi connectivity index (χ4n) is 1.43. The number of hydrogen-bond donors (Lipinski definition) is 0. The third-order valence-corrected chi connectivity index (χ3v) is 2.42. The molecule has 1 aromatic heterocycles. The molecule has 0 aliphatic rings. The van der Waals surface area contributed by atoms with Gasteiger partial charge in [0, 0.05) is 5.56 Å². The Bertz CT molecular complexity index is 510. The van der Waals surface area contributed by atoms with Gasteiger partial charge in [0.05, 0.1) is 0 Å². The van der Waals surface area contributed by atoms with Crippen LogP contribution in [-0.4, -0.2) is 4.98 Å². The summed E-state index contributed by atoms with van der Waals surface area (Å²) >= 11 is 3.39. The van der Waals surface area contributed by atoms with Gasteiger partial charge in [-0.05, 0) is 36.5 Å². The molecular formula is C13H12BrNO. The molecule has 2 nitrogen and oxygen atoms in total. The molecule has 0 radical (unpaired) electrons. The van der Waals surface area contributed by atoms with E-state index in [1.165, 1.54) is 0 Å². The Labute approximate surface area is 103 Å². The van der Waals surface area contributed by atoms with Gasteiger partial charge in [0.15, 0.2) is 0 Å². The van der Waals surface area contributed by atoms with Crippen LogP contribution in [0.4, 0.5) is 0 Å². The molecule has 0 aliphatic heterocycles. The molecule has 1 aromatic carbocycles. The Morgan fingerprint density at radius 1 is 1.31 bits per heavy atom. The molecule has 0 unspecified atom stereocenters.